The molecule has 3 N–H and O–H groups in total. The Bertz CT molecular complexity index is 360. The fraction of sp³-hybridized carbons (Fsp3) is 0.857. The number of ether oxygens (including phenoxy) is 1. The van der Waals surface area contributed by atoms with Gasteiger partial charge < -0.3 is 20.7 Å². The van der Waals surface area contributed by atoms with Gasteiger partial charge in [-0.05, 0) is 39.5 Å². The minimum Gasteiger partial charge on any atom is -0.373 e. The molecule has 20 heavy (non-hydrogen) atoms. The van der Waals surface area contributed by atoms with Crippen molar-refractivity contribution in [3.8, 4) is 0 Å². The van der Waals surface area contributed by atoms with E-state index in [2.05, 4.69) is 27.9 Å². The Labute approximate surface area is 120 Å². The zero-order valence-electron chi connectivity index (χ0n) is 12.5. The second-order valence-corrected chi connectivity index (χ2v) is 5.79. The molecule has 114 valence electrons. The number of guanidine groups is 1. The number of rotatable bonds is 6. The van der Waals surface area contributed by atoms with E-state index >= 15 is 0 Å². The van der Waals surface area contributed by atoms with Gasteiger partial charge in [0.15, 0.2) is 5.96 Å². The van der Waals surface area contributed by atoms with Crippen LogP contribution in [0.5, 0.6) is 0 Å². The van der Waals surface area contributed by atoms with Crippen LogP contribution in [0.2, 0.25) is 0 Å². The second-order valence-electron chi connectivity index (χ2n) is 5.79. The van der Waals surface area contributed by atoms with Crippen LogP contribution in [0, 0.1) is 0 Å². The van der Waals surface area contributed by atoms with Crippen LogP contribution in [-0.2, 0) is 9.53 Å². The van der Waals surface area contributed by atoms with Crippen molar-refractivity contribution in [2.75, 3.05) is 26.2 Å². The lowest BCUT2D eigenvalue weighted by Gasteiger charge is -2.24. The van der Waals surface area contributed by atoms with Crippen molar-refractivity contribution >= 4 is 11.9 Å². The first-order valence-corrected chi connectivity index (χ1v) is 7.57. The Morgan fingerprint density at radius 3 is 2.80 bits per heavy atom. The monoisotopic (exact) mass is 282 g/mol. The largest absolute Gasteiger partial charge is 0.373 e. The average Bonchev–Trinajstić information content (AvgIpc) is 3.12. The van der Waals surface area contributed by atoms with Gasteiger partial charge in [-0.25, -0.2) is 4.99 Å². The first-order chi connectivity index (χ1) is 9.61. The molecule has 0 spiro atoms. The van der Waals surface area contributed by atoms with Gasteiger partial charge >= 0.3 is 0 Å². The SMILES string of the molecule is CCNC(=NCC(=O)NC1CC1)NCC1(C)CCCO1. The molecule has 0 aromatic heterocycles. The number of nitrogens with one attached hydrogen (secondary N) is 3. The second kappa shape index (κ2) is 6.92. The summed E-state index contributed by atoms with van der Waals surface area (Å²) in [5.41, 5.74) is -0.119. The van der Waals surface area contributed by atoms with Gasteiger partial charge in [-0.3, -0.25) is 4.79 Å². The van der Waals surface area contributed by atoms with Crippen molar-refractivity contribution in [1.82, 2.24) is 16.0 Å². The van der Waals surface area contributed by atoms with E-state index in [1.807, 2.05) is 6.92 Å². The normalized spacial score (nSPS) is 26.4. The van der Waals surface area contributed by atoms with Gasteiger partial charge in [-0.2, -0.15) is 0 Å². The number of amides is 1. The summed E-state index contributed by atoms with van der Waals surface area (Å²) in [7, 11) is 0. The minimum absolute atomic E-state index is 0.00645. The highest BCUT2D eigenvalue weighted by Crippen LogP contribution is 2.23. The van der Waals surface area contributed by atoms with Gasteiger partial charge in [0.1, 0.15) is 6.54 Å². The molecule has 1 saturated carbocycles. The number of hydrogen-bond donors (Lipinski definition) is 3. The summed E-state index contributed by atoms with van der Waals surface area (Å²) in [4.78, 5) is 15.9. The van der Waals surface area contributed by atoms with Gasteiger partial charge in [-0.15, -0.1) is 0 Å². The fourth-order valence-electron chi connectivity index (χ4n) is 2.24. The maximum absolute atomic E-state index is 11.6. The number of hydrogen-bond acceptors (Lipinski definition) is 3. The quantitative estimate of drug-likeness (QED) is 0.487. The number of carbonyl (C=O) groups excluding carboxylic acids is 1. The van der Waals surface area contributed by atoms with Gasteiger partial charge in [0.05, 0.1) is 5.60 Å². The molecule has 1 heterocycles. The third-order valence-corrected chi connectivity index (χ3v) is 3.60. The van der Waals surface area contributed by atoms with Crippen molar-refractivity contribution in [3.63, 3.8) is 0 Å². The van der Waals surface area contributed by atoms with Crippen LogP contribution >= 0.6 is 0 Å². The van der Waals surface area contributed by atoms with Crippen LogP contribution in [0.25, 0.3) is 0 Å². The van der Waals surface area contributed by atoms with Crippen molar-refractivity contribution in [3.05, 3.63) is 0 Å². The fourth-order valence-corrected chi connectivity index (χ4v) is 2.24. The van der Waals surface area contributed by atoms with Gasteiger partial charge in [0, 0.05) is 25.7 Å². The predicted octanol–water partition coefficient (Wildman–Crippen LogP) is 0.389. The molecule has 0 bridgehead atoms. The third-order valence-electron chi connectivity index (χ3n) is 3.60. The molecule has 1 amide bonds. The van der Waals surface area contributed by atoms with Gasteiger partial charge in [-0.1, -0.05) is 0 Å². The predicted molar refractivity (Wildman–Crippen MR) is 78.7 cm³/mol. The molecule has 2 rings (SSSR count). The van der Waals surface area contributed by atoms with Crippen molar-refractivity contribution in [2.45, 2.75) is 51.2 Å². The van der Waals surface area contributed by atoms with E-state index in [-0.39, 0.29) is 18.1 Å². The Morgan fingerprint density at radius 1 is 1.40 bits per heavy atom. The summed E-state index contributed by atoms with van der Waals surface area (Å²) in [6, 6.07) is 0.388. The van der Waals surface area contributed by atoms with E-state index in [4.69, 9.17) is 4.74 Å². The highest BCUT2D eigenvalue weighted by atomic mass is 16.5. The van der Waals surface area contributed by atoms with E-state index < -0.39 is 0 Å². The number of nitrogens with zero attached hydrogens (tertiary/aromatic N) is 1. The highest BCUT2D eigenvalue weighted by molar-refractivity contribution is 5.85. The molecule has 1 unspecified atom stereocenters. The number of carbonyl (C=O) groups is 1. The standard InChI is InChI=1S/C14H26N4O2/c1-3-15-13(16-9-12(19)18-11-5-6-11)17-10-14(2)7-4-8-20-14/h11H,3-10H2,1-2H3,(H,18,19)(H2,15,16,17). The maximum atomic E-state index is 11.6. The van der Waals surface area contributed by atoms with E-state index in [0.29, 0.717) is 18.5 Å². The Hall–Kier alpha value is -1.30. The molecule has 1 aliphatic carbocycles. The third kappa shape index (κ3) is 5.00. The van der Waals surface area contributed by atoms with Gasteiger partial charge in [0.25, 0.3) is 0 Å². The molecule has 2 fully saturated rings. The Balaban J connectivity index is 1.77. The summed E-state index contributed by atoms with van der Waals surface area (Å²) in [5, 5.41) is 9.34. The first-order valence-electron chi connectivity index (χ1n) is 7.57. The Kier molecular flexibility index (Phi) is 5.23. The molecule has 1 aliphatic heterocycles. The van der Waals surface area contributed by atoms with Crippen LogP contribution in [-0.4, -0.2) is 49.8 Å². The zero-order chi connectivity index (χ0) is 14.4. The van der Waals surface area contributed by atoms with Crippen LogP contribution in [0.3, 0.4) is 0 Å². The minimum atomic E-state index is -0.119. The summed E-state index contributed by atoms with van der Waals surface area (Å²) in [6.07, 6.45) is 4.37. The lowest BCUT2D eigenvalue weighted by atomic mass is 10.0. The zero-order valence-corrected chi connectivity index (χ0v) is 12.5. The molecule has 1 saturated heterocycles. The van der Waals surface area contributed by atoms with E-state index in [1.165, 1.54) is 0 Å². The molecular formula is C14H26N4O2. The summed E-state index contributed by atoms with van der Waals surface area (Å²) in [5.74, 6) is 0.670. The van der Waals surface area contributed by atoms with Crippen molar-refractivity contribution in [2.24, 2.45) is 4.99 Å². The maximum Gasteiger partial charge on any atom is 0.242 e. The molecule has 1 atom stereocenters. The van der Waals surface area contributed by atoms with Gasteiger partial charge in [0.2, 0.25) is 5.91 Å². The van der Waals surface area contributed by atoms with Crippen LogP contribution in [0.1, 0.15) is 39.5 Å². The summed E-state index contributed by atoms with van der Waals surface area (Å²) < 4.78 is 5.73. The average molecular weight is 282 g/mol. The van der Waals surface area contributed by atoms with Crippen LogP contribution in [0.4, 0.5) is 0 Å². The smallest absolute Gasteiger partial charge is 0.242 e. The van der Waals surface area contributed by atoms with E-state index in [1.54, 1.807) is 0 Å². The molecule has 2 aliphatic rings. The Morgan fingerprint density at radius 2 is 2.20 bits per heavy atom. The lowest BCUT2D eigenvalue weighted by Crippen LogP contribution is -2.46. The molecule has 0 aromatic rings. The van der Waals surface area contributed by atoms with E-state index in [9.17, 15) is 4.79 Å². The van der Waals surface area contributed by atoms with Crippen molar-refractivity contribution < 1.29 is 9.53 Å². The summed E-state index contributed by atoms with van der Waals surface area (Å²) >= 11 is 0. The van der Waals surface area contributed by atoms with Crippen molar-refractivity contribution in [1.29, 1.82) is 0 Å². The van der Waals surface area contributed by atoms with Crippen LogP contribution in [0.15, 0.2) is 4.99 Å². The molecular weight excluding hydrogens is 256 g/mol. The molecule has 6 heteroatoms. The summed E-state index contributed by atoms with van der Waals surface area (Å²) in [6.45, 7) is 6.60. The molecule has 6 nitrogen and oxygen atoms in total. The van der Waals surface area contributed by atoms with E-state index in [0.717, 1.165) is 38.8 Å². The molecule has 0 aromatic carbocycles. The highest BCUT2D eigenvalue weighted by Gasteiger charge is 2.29. The lowest BCUT2D eigenvalue weighted by molar-refractivity contribution is -0.119. The molecule has 0 radical (unpaired) electrons. The number of aliphatic imine (C=N–C) groups is 1. The first kappa shape index (κ1) is 15.1. The topological polar surface area (TPSA) is 74.8 Å². The van der Waals surface area contributed by atoms with Crippen LogP contribution < -0.4 is 16.0 Å².